The Labute approximate surface area is 122 Å². The number of aliphatic carboxylic acids is 1. The molecule has 5 heteroatoms. The van der Waals surface area contributed by atoms with Crippen LogP contribution in [0, 0.1) is 5.92 Å². The minimum atomic E-state index is -0.608. The third kappa shape index (κ3) is 4.62. The van der Waals surface area contributed by atoms with Crippen molar-refractivity contribution in [3.05, 3.63) is 0 Å². The Balaban J connectivity index is 0.00000180. The van der Waals surface area contributed by atoms with Crippen LogP contribution in [0.3, 0.4) is 0 Å². The number of hydrogen-bond acceptors (Lipinski definition) is 3. The number of hydrogen-bond donors (Lipinski definition) is 1. The number of halogens is 1. The molecule has 1 N–H and O–H groups in total. The molecule has 1 atom stereocenters. The van der Waals surface area contributed by atoms with E-state index in [1.165, 1.54) is 38.9 Å². The monoisotopic (exact) mass is 289 g/mol. The first kappa shape index (κ1) is 16.7. The fourth-order valence-electron chi connectivity index (χ4n) is 3.36. The Morgan fingerprint density at radius 1 is 1.21 bits per heavy atom. The number of piperidine rings is 2. The van der Waals surface area contributed by atoms with Crippen molar-refractivity contribution in [1.82, 2.24) is 9.80 Å². The van der Waals surface area contributed by atoms with Gasteiger partial charge in [0.25, 0.3) is 0 Å². The van der Waals surface area contributed by atoms with Gasteiger partial charge >= 0.3 is 5.97 Å². The average molecular weight is 290 g/mol. The zero-order valence-corrected chi connectivity index (χ0v) is 12.6. The predicted octanol–water partition coefficient (Wildman–Crippen LogP) is -1.34. The van der Waals surface area contributed by atoms with Gasteiger partial charge in [-0.05, 0) is 58.3 Å². The van der Waals surface area contributed by atoms with Crippen LogP contribution in [0.25, 0.3) is 0 Å². The van der Waals surface area contributed by atoms with Gasteiger partial charge in [-0.2, -0.15) is 0 Å². The number of carbonyl (C=O) groups is 1. The van der Waals surface area contributed by atoms with Crippen LogP contribution < -0.4 is 12.4 Å². The summed E-state index contributed by atoms with van der Waals surface area (Å²) in [7, 11) is 0. The van der Waals surface area contributed by atoms with Crippen molar-refractivity contribution in [3.8, 4) is 0 Å². The van der Waals surface area contributed by atoms with Crippen LogP contribution in [-0.2, 0) is 4.79 Å². The molecule has 2 rings (SSSR count). The molecule has 2 aliphatic heterocycles. The summed E-state index contributed by atoms with van der Waals surface area (Å²) in [4.78, 5) is 16.1. The van der Waals surface area contributed by atoms with Gasteiger partial charge in [-0.25, -0.2) is 0 Å². The van der Waals surface area contributed by atoms with E-state index in [0.717, 1.165) is 25.9 Å². The first-order chi connectivity index (χ1) is 8.70. The third-order valence-corrected chi connectivity index (χ3v) is 4.42. The van der Waals surface area contributed by atoms with E-state index >= 15 is 0 Å². The van der Waals surface area contributed by atoms with Crippen molar-refractivity contribution < 1.29 is 22.3 Å². The zero-order valence-electron chi connectivity index (χ0n) is 11.9. The normalized spacial score (nSPS) is 26.9. The number of nitrogens with zero attached hydrogens (tertiary/aromatic N) is 2. The van der Waals surface area contributed by atoms with Gasteiger partial charge in [0, 0.05) is 12.6 Å². The maximum atomic E-state index is 11.1. The predicted molar refractivity (Wildman–Crippen MR) is 71.7 cm³/mol. The largest absolute Gasteiger partial charge is 1.00 e. The van der Waals surface area contributed by atoms with Crippen LogP contribution in [0.4, 0.5) is 0 Å². The molecule has 0 amide bonds. The topological polar surface area (TPSA) is 43.8 Å². The Bertz CT molecular complexity index is 281. The number of carboxylic acid groups (broad SMARTS) is 1. The summed E-state index contributed by atoms with van der Waals surface area (Å²) in [6.45, 7) is 7.69. The van der Waals surface area contributed by atoms with E-state index in [2.05, 4.69) is 16.7 Å². The molecule has 1 unspecified atom stereocenters. The van der Waals surface area contributed by atoms with Crippen molar-refractivity contribution in [1.29, 1.82) is 0 Å². The van der Waals surface area contributed by atoms with E-state index in [4.69, 9.17) is 5.11 Å². The number of rotatable bonds is 4. The molecule has 0 aromatic carbocycles. The lowest BCUT2D eigenvalue weighted by Gasteiger charge is -2.41. The van der Waals surface area contributed by atoms with Crippen molar-refractivity contribution in [2.45, 2.75) is 45.1 Å². The fraction of sp³-hybridized carbons (Fsp3) is 0.929. The Kier molecular flexibility index (Phi) is 7.11. The smallest absolute Gasteiger partial charge is 0.307 e. The maximum Gasteiger partial charge on any atom is 0.307 e. The molecule has 112 valence electrons. The quantitative estimate of drug-likeness (QED) is 0.696. The summed E-state index contributed by atoms with van der Waals surface area (Å²) in [5.74, 6) is -0.740. The van der Waals surface area contributed by atoms with Crippen LogP contribution in [0.2, 0.25) is 0 Å². The summed E-state index contributed by atoms with van der Waals surface area (Å²) in [6, 6.07) is 0.625. The van der Waals surface area contributed by atoms with E-state index < -0.39 is 5.97 Å². The van der Waals surface area contributed by atoms with Crippen molar-refractivity contribution >= 4 is 5.97 Å². The summed E-state index contributed by atoms with van der Waals surface area (Å²) < 4.78 is 0. The second kappa shape index (κ2) is 8.08. The molecule has 2 heterocycles. The summed E-state index contributed by atoms with van der Waals surface area (Å²) >= 11 is 0. The molecular weight excluding hydrogens is 264 g/mol. The lowest BCUT2D eigenvalue weighted by molar-refractivity contribution is -0.144. The number of likely N-dealkylation sites (tertiary alicyclic amines) is 2. The average Bonchev–Trinajstić information content (AvgIpc) is 2.40. The molecule has 0 spiro atoms. The van der Waals surface area contributed by atoms with Gasteiger partial charge in [0.15, 0.2) is 0 Å². The molecule has 0 radical (unpaired) electrons. The molecule has 4 nitrogen and oxygen atoms in total. The highest BCUT2D eigenvalue weighted by atomic mass is 35.5. The first-order valence-electron chi connectivity index (χ1n) is 7.40. The highest BCUT2D eigenvalue weighted by molar-refractivity contribution is 5.70. The molecule has 19 heavy (non-hydrogen) atoms. The standard InChI is InChI=1S/C14H26N2O2.ClH/c1-2-7-15-9-5-13(6-10-15)16-8-3-4-12(11-16)14(17)18;/h12-13H,2-11H2,1H3,(H,17,18);1H/p-1. The Morgan fingerprint density at radius 2 is 1.89 bits per heavy atom. The van der Waals surface area contributed by atoms with Crippen LogP contribution in [0.5, 0.6) is 0 Å². The molecule has 0 aliphatic carbocycles. The van der Waals surface area contributed by atoms with E-state index in [-0.39, 0.29) is 18.3 Å². The highest BCUT2D eigenvalue weighted by Crippen LogP contribution is 2.24. The molecule has 2 saturated heterocycles. The van der Waals surface area contributed by atoms with Gasteiger partial charge in [0.2, 0.25) is 0 Å². The van der Waals surface area contributed by atoms with Gasteiger partial charge < -0.3 is 22.4 Å². The highest BCUT2D eigenvalue weighted by Gasteiger charge is 2.31. The van der Waals surface area contributed by atoms with Crippen LogP contribution in [-0.4, -0.2) is 59.6 Å². The van der Waals surface area contributed by atoms with E-state index in [1.54, 1.807) is 0 Å². The van der Waals surface area contributed by atoms with E-state index in [1.807, 2.05) is 0 Å². The molecule has 2 fully saturated rings. The Morgan fingerprint density at radius 3 is 2.47 bits per heavy atom. The molecule has 0 saturated carbocycles. The van der Waals surface area contributed by atoms with E-state index in [0.29, 0.717) is 6.04 Å². The van der Waals surface area contributed by atoms with Crippen LogP contribution >= 0.6 is 0 Å². The summed E-state index contributed by atoms with van der Waals surface area (Å²) in [6.07, 6.45) is 5.57. The number of carboxylic acids is 1. The van der Waals surface area contributed by atoms with Crippen molar-refractivity contribution in [3.63, 3.8) is 0 Å². The molecule has 0 aromatic rings. The van der Waals surface area contributed by atoms with Crippen LogP contribution in [0.1, 0.15) is 39.0 Å². The molecule has 2 aliphatic rings. The van der Waals surface area contributed by atoms with Crippen LogP contribution in [0.15, 0.2) is 0 Å². The summed E-state index contributed by atoms with van der Waals surface area (Å²) in [5, 5.41) is 9.13. The molecule has 0 bridgehead atoms. The maximum absolute atomic E-state index is 11.1. The second-order valence-electron chi connectivity index (χ2n) is 5.75. The van der Waals surface area contributed by atoms with Gasteiger partial charge in [-0.15, -0.1) is 0 Å². The first-order valence-corrected chi connectivity index (χ1v) is 7.40. The van der Waals surface area contributed by atoms with Gasteiger partial charge in [-0.1, -0.05) is 6.92 Å². The fourth-order valence-corrected chi connectivity index (χ4v) is 3.36. The van der Waals surface area contributed by atoms with E-state index in [9.17, 15) is 4.79 Å². The lowest BCUT2D eigenvalue weighted by atomic mass is 9.94. The zero-order chi connectivity index (χ0) is 13.0. The van der Waals surface area contributed by atoms with Gasteiger partial charge in [-0.3, -0.25) is 9.69 Å². The Hall–Kier alpha value is -0.320. The second-order valence-corrected chi connectivity index (χ2v) is 5.75. The SMILES string of the molecule is CCCN1CCC(N2CCCC(C(=O)O)C2)CC1.[Cl-]. The molecule has 0 aromatic heterocycles. The minimum Gasteiger partial charge on any atom is -1.00 e. The lowest BCUT2D eigenvalue weighted by Crippen LogP contribution is -3.00. The third-order valence-electron chi connectivity index (χ3n) is 4.42. The molecular formula is C14H26ClN2O2-. The minimum absolute atomic E-state index is 0. The van der Waals surface area contributed by atoms with Crippen molar-refractivity contribution in [2.24, 2.45) is 5.92 Å². The van der Waals surface area contributed by atoms with Crippen molar-refractivity contribution in [2.75, 3.05) is 32.7 Å². The van der Waals surface area contributed by atoms with Gasteiger partial charge in [0.05, 0.1) is 5.92 Å². The van der Waals surface area contributed by atoms with Gasteiger partial charge in [0.1, 0.15) is 0 Å². The summed E-state index contributed by atoms with van der Waals surface area (Å²) in [5.41, 5.74) is 0.